The van der Waals surface area contributed by atoms with Crippen molar-refractivity contribution in [2.45, 2.75) is 59.3 Å². The molecule has 1 aromatic heterocycles. The maximum Gasteiger partial charge on any atom is 0.128 e. The van der Waals surface area contributed by atoms with E-state index in [1.165, 1.54) is 32.1 Å². The number of rotatable bonds is 7. The molecule has 90 valence electrons. The van der Waals surface area contributed by atoms with Gasteiger partial charge in [0.15, 0.2) is 0 Å². The van der Waals surface area contributed by atoms with Crippen LogP contribution in [0.25, 0.3) is 0 Å². The first-order chi connectivity index (χ1) is 7.64. The molecule has 0 spiro atoms. The molecule has 0 N–H and O–H groups in total. The zero-order valence-electron chi connectivity index (χ0n) is 10.9. The van der Waals surface area contributed by atoms with Crippen LogP contribution in [-0.2, 0) is 6.42 Å². The lowest BCUT2D eigenvalue weighted by atomic mass is 9.83. The number of unbranched alkanes of at least 4 members (excludes halogenated alkanes) is 3. The average molecular weight is 220 g/mol. The molecular formula is C14H24N2. The third-order valence-electron chi connectivity index (χ3n) is 2.96. The molecule has 1 aromatic rings. The van der Waals surface area contributed by atoms with Crippen LogP contribution in [0.5, 0.6) is 0 Å². The number of aromatic nitrogens is 2. The smallest absolute Gasteiger partial charge is 0.128 e. The summed E-state index contributed by atoms with van der Waals surface area (Å²) in [5, 5.41) is 0. The summed E-state index contributed by atoms with van der Waals surface area (Å²) in [5.41, 5.74) is 0.328. The van der Waals surface area contributed by atoms with E-state index in [4.69, 9.17) is 0 Å². The lowest BCUT2D eigenvalue weighted by molar-refractivity contribution is 0.311. The normalized spacial score (nSPS) is 11.7. The van der Waals surface area contributed by atoms with Crippen molar-refractivity contribution in [3.05, 3.63) is 24.3 Å². The Kier molecular flexibility index (Phi) is 5.44. The van der Waals surface area contributed by atoms with Crippen LogP contribution in [0.2, 0.25) is 0 Å². The summed E-state index contributed by atoms with van der Waals surface area (Å²) < 4.78 is 0. The van der Waals surface area contributed by atoms with Crippen LogP contribution in [0.3, 0.4) is 0 Å². The Bertz CT molecular complexity index is 280. The Hall–Kier alpha value is -0.920. The van der Waals surface area contributed by atoms with Gasteiger partial charge in [0.1, 0.15) is 5.82 Å². The zero-order chi connectivity index (χ0) is 11.9. The summed E-state index contributed by atoms with van der Waals surface area (Å²) in [7, 11) is 0. The van der Waals surface area contributed by atoms with E-state index in [0.29, 0.717) is 5.41 Å². The van der Waals surface area contributed by atoms with Gasteiger partial charge in [-0.2, -0.15) is 0 Å². The zero-order valence-corrected chi connectivity index (χ0v) is 10.9. The predicted molar refractivity (Wildman–Crippen MR) is 68.3 cm³/mol. The molecular weight excluding hydrogens is 196 g/mol. The molecule has 0 aliphatic carbocycles. The second-order valence-electron chi connectivity index (χ2n) is 5.32. The minimum Gasteiger partial charge on any atom is -0.241 e. The summed E-state index contributed by atoms with van der Waals surface area (Å²) in [6, 6.07) is 1.87. The molecule has 1 heterocycles. The molecule has 0 atom stereocenters. The summed E-state index contributed by atoms with van der Waals surface area (Å²) in [6.45, 7) is 6.88. The van der Waals surface area contributed by atoms with Crippen LogP contribution in [0.15, 0.2) is 18.5 Å². The maximum absolute atomic E-state index is 4.30. The van der Waals surface area contributed by atoms with Crippen molar-refractivity contribution < 1.29 is 0 Å². The van der Waals surface area contributed by atoms with Crippen molar-refractivity contribution in [2.24, 2.45) is 5.41 Å². The van der Waals surface area contributed by atoms with Gasteiger partial charge in [0.05, 0.1) is 0 Å². The summed E-state index contributed by atoms with van der Waals surface area (Å²) in [6.07, 6.45) is 11.3. The molecule has 0 bridgehead atoms. The molecule has 1 rings (SSSR count). The van der Waals surface area contributed by atoms with Crippen LogP contribution in [-0.4, -0.2) is 9.97 Å². The SMILES string of the molecule is CCCCCCC(C)(C)Cc1ncccn1. The second-order valence-corrected chi connectivity index (χ2v) is 5.32. The van der Waals surface area contributed by atoms with Crippen LogP contribution < -0.4 is 0 Å². The third kappa shape index (κ3) is 5.24. The lowest BCUT2D eigenvalue weighted by Crippen LogP contribution is -2.16. The van der Waals surface area contributed by atoms with Crippen molar-refractivity contribution in [3.63, 3.8) is 0 Å². The van der Waals surface area contributed by atoms with Crippen LogP contribution in [0, 0.1) is 5.41 Å². The van der Waals surface area contributed by atoms with Crippen molar-refractivity contribution in [1.82, 2.24) is 9.97 Å². The standard InChI is InChI=1S/C14H24N2/c1-4-5-6-7-9-14(2,3)12-13-15-10-8-11-16-13/h8,10-11H,4-7,9,12H2,1-3H3. The van der Waals surface area contributed by atoms with Gasteiger partial charge in [0, 0.05) is 18.8 Å². The first-order valence-corrected chi connectivity index (χ1v) is 6.40. The van der Waals surface area contributed by atoms with Gasteiger partial charge in [-0.1, -0.05) is 46.5 Å². The van der Waals surface area contributed by atoms with Gasteiger partial charge < -0.3 is 0 Å². The molecule has 0 aliphatic rings. The average Bonchev–Trinajstić information content (AvgIpc) is 2.25. The van der Waals surface area contributed by atoms with Gasteiger partial charge >= 0.3 is 0 Å². The fraction of sp³-hybridized carbons (Fsp3) is 0.714. The molecule has 0 saturated heterocycles. The quantitative estimate of drug-likeness (QED) is 0.649. The number of hydrogen-bond donors (Lipinski definition) is 0. The Balaban J connectivity index is 2.33. The van der Waals surface area contributed by atoms with E-state index in [1.807, 2.05) is 18.5 Å². The minimum atomic E-state index is 0.328. The Morgan fingerprint density at radius 3 is 2.38 bits per heavy atom. The van der Waals surface area contributed by atoms with Gasteiger partial charge in [-0.05, 0) is 17.9 Å². The molecule has 0 fully saturated rings. The Morgan fingerprint density at radius 2 is 1.75 bits per heavy atom. The first-order valence-electron chi connectivity index (χ1n) is 6.40. The largest absolute Gasteiger partial charge is 0.241 e. The minimum absolute atomic E-state index is 0.328. The highest BCUT2D eigenvalue weighted by atomic mass is 14.9. The van der Waals surface area contributed by atoms with E-state index in [2.05, 4.69) is 30.7 Å². The first kappa shape index (κ1) is 13.1. The number of hydrogen-bond acceptors (Lipinski definition) is 2. The van der Waals surface area contributed by atoms with Crippen molar-refractivity contribution in [1.29, 1.82) is 0 Å². The fourth-order valence-electron chi connectivity index (χ4n) is 1.97. The van der Waals surface area contributed by atoms with E-state index in [1.54, 1.807) is 0 Å². The molecule has 0 aliphatic heterocycles. The predicted octanol–water partition coefficient (Wildman–Crippen LogP) is 4.02. The molecule has 2 heteroatoms. The molecule has 16 heavy (non-hydrogen) atoms. The van der Waals surface area contributed by atoms with Gasteiger partial charge in [-0.15, -0.1) is 0 Å². The van der Waals surface area contributed by atoms with Crippen molar-refractivity contribution >= 4 is 0 Å². The van der Waals surface area contributed by atoms with Gasteiger partial charge in [0.25, 0.3) is 0 Å². The van der Waals surface area contributed by atoms with E-state index < -0.39 is 0 Å². The highest BCUT2D eigenvalue weighted by Crippen LogP contribution is 2.27. The lowest BCUT2D eigenvalue weighted by Gasteiger charge is -2.23. The summed E-state index contributed by atoms with van der Waals surface area (Å²) in [4.78, 5) is 8.59. The van der Waals surface area contributed by atoms with Gasteiger partial charge in [0.2, 0.25) is 0 Å². The molecule has 0 saturated carbocycles. The van der Waals surface area contributed by atoms with E-state index in [9.17, 15) is 0 Å². The van der Waals surface area contributed by atoms with Crippen molar-refractivity contribution in [2.75, 3.05) is 0 Å². The highest BCUT2D eigenvalue weighted by molar-refractivity contribution is 4.92. The van der Waals surface area contributed by atoms with Crippen LogP contribution >= 0.6 is 0 Å². The second kappa shape index (κ2) is 6.62. The molecule has 0 aromatic carbocycles. The van der Waals surface area contributed by atoms with E-state index >= 15 is 0 Å². The van der Waals surface area contributed by atoms with E-state index in [-0.39, 0.29) is 0 Å². The molecule has 0 amide bonds. The maximum atomic E-state index is 4.30. The van der Waals surface area contributed by atoms with Gasteiger partial charge in [-0.3, -0.25) is 0 Å². The Morgan fingerprint density at radius 1 is 1.06 bits per heavy atom. The fourth-order valence-corrected chi connectivity index (χ4v) is 1.97. The summed E-state index contributed by atoms with van der Waals surface area (Å²) in [5.74, 6) is 0.975. The van der Waals surface area contributed by atoms with E-state index in [0.717, 1.165) is 12.2 Å². The topological polar surface area (TPSA) is 25.8 Å². The highest BCUT2D eigenvalue weighted by Gasteiger charge is 2.19. The molecule has 0 radical (unpaired) electrons. The molecule has 2 nitrogen and oxygen atoms in total. The Labute approximate surface area is 99.5 Å². The van der Waals surface area contributed by atoms with Crippen molar-refractivity contribution in [3.8, 4) is 0 Å². The van der Waals surface area contributed by atoms with Crippen LogP contribution in [0.4, 0.5) is 0 Å². The number of nitrogens with zero attached hydrogens (tertiary/aromatic N) is 2. The van der Waals surface area contributed by atoms with Crippen LogP contribution in [0.1, 0.15) is 58.7 Å². The van der Waals surface area contributed by atoms with Gasteiger partial charge in [-0.25, -0.2) is 9.97 Å². The monoisotopic (exact) mass is 220 g/mol. The summed E-state index contributed by atoms with van der Waals surface area (Å²) >= 11 is 0. The third-order valence-corrected chi connectivity index (χ3v) is 2.96. The molecule has 0 unspecified atom stereocenters.